The maximum absolute atomic E-state index is 12.4. The number of sulfonamides is 1. The predicted octanol–water partition coefficient (Wildman–Crippen LogP) is 1.90. The molecule has 28 heavy (non-hydrogen) atoms. The summed E-state index contributed by atoms with van der Waals surface area (Å²) >= 11 is 0. The molecule has 9 heteroatoms. The number of esters is 1. The van der Waals surface area contributed by atoms with Gasteiger partial charge >= 0.3 is 5.97 Å². The number of ether oxygens (including phenoxy) is 2. The Kier molecular flexibility index (Phi) is 8.90. The number of nitrogens with zero attached hydrogens (tertiary/aromatic N) is 1. The molecule has 0 saturated heterocycles. The molecule has 1 aromatic rings. The first kappa shape index (κ1) is 23.9. The Labute approximate surface area is 167 Å². The first-order valence-corrected chi connectivity index (χ1v) is 10.6. The number of carbonyl (C=O) groups is 2. The minimum absolute atomic E-state index is 0.0155. The van der Waals surface area contributed by atoms with Crippen molar-refractivity contribution in [1.82, 2.24) is 9.62 Å². The van der Waals surface area contributed by atoms with Crippen LogP contribution in [0.4, 0.5) is 0 Å². The maximum atomic E-state index is 12.4. The number of hydrogen-bond acceptors (Lipinski definition) is 6. The fraction of sp³-hybridized carbons (Fsp3) is 0.579. The Morgan fingerprint density at radius 3 is 2.14 bits per heavy atom. The number of carbonyl (C=O) groups excluding carboxylic acids is 2. The molecule has 0 unspecified atom stereocenters. The third kappa shape index (κ3) is 6.79. The van der Waals surface area contributed by atoms with Crippen molar-refractivity contribution in [2.24, 2.45) is 11.8 Å². The van der Waals surface area contributed by atoms with E-state index in [1.54, 1.807) is 4.90 Å². The lowest BCUT2D eigenvalue weighted by molar-refractivity contribution is -0.135. The van der Waals surface area contributed by atoms with Gasteiger partial charge in [-0.3, -0.25) is 4.79 Å². The molecule has 0 aliphatic heterocycles. The third-order valence-corrected chi connectivity index (χ3v) is 5.24. The summed E-state index contributed by atoms with van der Waals surface area (Å²) in [6, 6.07) is 3.92. The Balaban J connectivity index is 2.93. The molecule has 0 saturated carbocycles. The highest BCUT2D eigenvalue weighted by Gasteiger charge is 2.22. The predicted molar refractivity (Wildman–Crippen MR) is 106 cm³/mol. The third-order valence-electron chi connectivity index (χ3n) is 3.81. The van der Waals surface area contributed by atoms with Gasteiger partial charge in [0.15, 0.2) is 6.61 Å². The zero-order valence-corrected chi connectivity index (χ0v) is 18.1. The highest BCUT2D eigenvalue weighted by Crippen LogP contribution is 2.25. The van der Waals surface area contributed by atoms with Crippen LogP contribution < -0.4 is 9.46 Å². The van der Waals surface area contributed by atoms with Gasteiger partial charge in [-0.15, -0.1) is 0 Å². The molecular weight excluding hydrogens is 384 g/mol. The summed E-state index contributed by atoms with van der Waals surface area (Å²) in [4.78, 5) is 26.3. The van der Waals surface area contributed by atoms with E-state index in [2.05, 4.69) is 4.72 Å². The van der Waals surface area contributed by atoms with E-state index in [4.69, 9.17) is 9.47 Å². The maximum Gasteiger partial charge on any atom is 0.338 e. The topological polar surface area (TPSA) is 102 Å². The molecule has 1 amide bonds. The highest BCUT2D eigenvalue weighted by atomic mass is 32.2. The van der Waals surface area contributed by atoms with E-state index in [0.29, 0.717) is 13.1 Å². The number of rotatable bonds is 10. The van der Waals surface area contributed by atoms with E-state index in [1.807, 2.05) is 27.7 Å². The lowest BCUT2D eigenvalue weighted by Crippen LogP contribution is -2.39. The van der Waals surface area contributed by atoms with E-state index in [-0.39, 0.29) is 34.0 Å². The smallest absolute Gasteiger partial charge is 0.338 e. The summed E-state index contributed by atoms with van der Waals surface area (Å²) in [5.41, 5.74) is 0.0155. The molecule has 1 aromatic carbocycles. The van der Waals surface area contributed by atoms with Crippen LogP contribution in [0.15, 0.2) is 23.1 Å². The number of amides is 1. The van der Waals surface area contributed by atoms with Crippen molar-refractivity contribution < 1.29 is 27.5 Å². The van der Waals surface area contributed by atoms with Gasteiger partial charge in [0.1, 0.15) is 10.6 Å². The van der Waals surface area contributed by atoms with Crippen LogP contribution in [0, 0.1) is 11.8 Å². The first-order valence-electron chi connectivity index (χ1n) is 9.08. The van der Waals surface area contributed by atoms with Gasteiger partial charge in [0.05, 0.1) is 12.7 Å². The summed E-state index contributed by atoms with van der Waals surface area (Å²) in [6.07, 6.45) is 0. The second-order valence-electron chi connectivity index (χ2n) is 7.24. The Morgan fingerprint density at radius 1 is 1.11 bits per heavy atom. The van der Waals surface area contributed by atoms with Crippen molar-refractivity contribution in [3.05, 3.63) is 23.8 Å². The minimum Gasteiger partial charge on any atom is -0.495 e. The van der Waals surface area contributed by atoms with Gasteiger partial charge in [0, 0.05) is 13.1 Å². The molecule has 0 aliphatic rings. The van der Waals surface area contributed by atoms with E-state index in [1.165, 1.54) is 26.3 Å². The van der Waals surface area contributed by atoms with E-state index in [9.17, 15) is 18.0 Å². The van der Waals surface area contributed by atoms with E-state index >= 15 is 0 Å². The Hall–Kier alpha value is -2.13. The lowest BCUT2D eigenvalue weighted by atomic mass is 10.1. The summed E-state index contributed by atoms with van der Waals surface area (Å²) < 4.78 is 36.6. The molecule has 1 N–H and O–H groups in total. The molecule has 0 heterocycles. The normalized spacial score (nSPS) is 11.6. The molecule has 0 radical (unpaired) electrons. The first-order chi connectivity index (χ1) is 13.0. The van der Waals surface area contributed by atoms with Crippen LogP contribution in [-0.4, -0.2) is 59.0 Å². The van der Waals surface area contributed by atoms with Gasteiger partial charge in [-0.25, -0.2) is 17.9 Å². The Bertz CT molecular complexity index is 780. The second kappa shape index (κ2) is 10.4. The van der Waals surface area contributed by atoms with Crippen LogP contribution >= 0.6 is 0 Å². The van der Waals surface area contributed by atoms with Gasteiger partial charge in [-0.2, -0.15) is 0 Å². The molecule has 158 valence electrons. The largest absolute Gasteiger partial charge is 0.495 e. The van der Waals surface area contributed by atoms with Crippen LogP contribution in [-0.2, 0) is 19.6 Å². The molecule has 8 nitrogen and oxygen atoms in total. The van der Waals surface area contributed by atoms with E-state index in [0.717, 1.165) is 6.07 Å². The van der Waals surface area contributed by atoms with Gasteiger partial charge in [0.25, 0.3) is 5.91 Å². The zero-order valence-electron chi connectivity index (χ0n) is 17.3. The van der Waals surface area contributed by atoms with Crippen LogP contribution in [0.1, 0.15) is 38.1 Å². The SMILES string of the molecule is CNS(=O)(=O)c1cc(C(=O)OCC(=O)N(CC(C)C)CC(C)C)ccc1OC. The summed E-state index contributed by atoms with van der Waals surface area (Å²) in [7, 11) is -1.23. The summed E-state index contributed by atoms with van der Waals surface area (Å²) in [6.45, 7) is 8.77. The van der Waals surface area contributed by atoms with Gasteiger partial charge < -0.3 is 14.4 Å². The van der Waals surface area contributed by atoms with Crippen molar-refractivity contribution in [3.8, 4) is 5.75 Å². The number of hydrogen-bond donors (Lipinski definition) is 1. The van der Waals surface area contributed by atoms with Crippen molar-refractivity contribution >= 4 is 21.9 Å². The standard InChI is InChI=1S/C19H30N2O6S/c1-13(2)10-21(11-14(3)4)18(22)12-27-19(23)15-7-8-16(26-6)17(9-15)28(24,25)20-5/h7-9,13-14,20H,10-12H2,1-6H3. The van der Waals surface area contributed by atoms with Gasteiger partial charge in [-0.05, 0) is 37.1 Å². The number of methoxy groups -OCH3 is 1. The van der Waals surface area contributed by atoms with Crippen molar-refractivity contribution in [3.63, 3.8) is 0 Å². The molecule has 0 aliphatic carbocycles. The minimum atomic E-state index is -3.83. The molecule has 0 fully saturated rings. The van der Waals surface area contributed by atoms with Crippen LogP contribution in [0.5, 0.6) is 5.75 Å². The van der Waals surface area contributed by atoms with Gasteiger partial charge in [0.2, 0.25) is 10.0 Å². The summed E-state index contributed by atoms with van der Waals surface area (Å²) in [5, 5.41) is 0. The average Bonchev–Trinajstić information content (AvgIpc) is 2.63. The van der Waals surface area contributed by atoms with Gasteiger partial charge in [-0.1, -0.05) is 27.7 Å². The zero-order chi connectivity index (χ0) is 21.5. The second-order valence-corrected chi connectivity index (χ2v) is 9.09. The van der Waals surface area contributed by atoms with Crippen molar-refractivity contribution in [2.45, 2.75) is 32.6 Å². The average molecular weight is 415 g/mol. The van der Waals surface area contributed by atoms with Crippen molar-refractivity contribution in [2.75, 3.05) is 33.9 Å². The number of benzene rings is 1. The molecular formula is C19H30N2O6S. The Morgan fingerprint density at radius 2 is 1.68 bits per heavy atom. The molecule has 0 spiro atoms. The molecule has 0 aromatic heterocycles. The number of nitrogens with one attached hydrogen (secondary N) is 1. The van der Waals surface area contributed by atoms with Crippen LogP contribution in [0.3, 0.4) is 0 Å². The monoisotopic (exact) mass is 414 g/mol. The fourth-order valence-corrected chi connectivity index (χ4v) is 3.50. The fourth-order valence-electron chi connectivity index (χ4n) is 2.59. The quantitative estimate of drug-likeness (QED) is 0.587. The highest BCUT2D eigenvalue weighted by molar-refractivity contribution is 7.89. The molecule has 0 atom stereocenters. The lowest BCUT2D eigenvalue weighted by Gasteiger charge is -2.26. The molecule has 1 rings (SSSR count). The van der Waals surface area contributed by atoms with Crippen molar-refractivity contribution in [1.29, 1.82) is 0 Å². The summed E-state index contributed by atoms with van der Waals surface area (Å²) in [5.74, 6) is -0.393. The van der Waals surface area contributed by atoms with Crippen LogP contribution in [0.2, 0.25) is 0 Å². The molecule has 0 bridgehead atoms. The van der Waals surface area contributed by atoms with Crippen LogP contribution in [0.25, 0.3) is 0 Å². The van der Waals surface area contributed by atoms with E-state index < -0.39 is 22.6 Å².